The van der Waals surface area contributed by atoms with Gasteiger partial charge in [0.1, 0.15) is 16.8 Å². The molecule has 1 aromatic heterocycles. The van der Waals surface area contributed by atoms with Crippen molar-refractivity contribution in [2.45, 2.75) is 42.2 Å². The fraction of sp³-hybridized carbons (Fsp3) is 0.209. The molecule has 1 aliphatic rings. The van der Waals surface area contributed by atoms with Gasteiger partial charge in [-0.05, 0) is 97.3 Å². The van der Waals surface area contributed by atoms with Crippen molar-refractivity contribution < 1.29 is 28.6 Å². The van der Waals surface area contributed by atoms with E-state index in [1.165, 1.54) is 56.1 Å². The van der Waals surface area contributed by atoms with Gasteiger partial charge in [0.15, 0.2) is 11.5 Å². The number of carbonyl (C=O) groups is 3. The number of nitrogens with zero attached hydrogens (tertiary/aromatic N) is 1. The van der Waals surface area contributed by atoms with Crippen LogP contribution >= 0.6 is 23.1 Å². The van der Waals surface area contributed by atoms with Gasteiger partial charge in [-0.3, -0.25) is 14.4 Å². The molecule has 3 N–H and O–H groups in total. The zero-order valence-electron chi connectivity index (χ0n) is 30.8. The SMILES string of the molecule is COc1cc(/C=C(/NC(=O)c2ccccc2)C(=O)Nc2cccc(SC(C)C(=O)Nc3sc4c(c3C#N)CCC(c3ccccc3)C4)c2)cc(OC)c1OC. The Morgan fingerprint density at radius 2 is 1.58 bits per heavy atom. The molecule has 10 nitrogen and oxygen atoms in total. The summed E-state index contributed by atoms with van der Waals surface area (Å²) in [5.41, 5.74) is 4.19. The standard InChI is InChI=1S/C43H40N4O6S2/c1-26(40(48)47-43-34(25-44)33-19-18-30(23-38(33)55-43)28-12-7-5-8-13-28)54-32-17-11-16-31(24-32)45-42(50)35(46-41(49)29-14-9-6-10-15-29)20-27-21-36(51-2)39(53-4)37(22-27)52-3/h5-17,20-22,24,26,30H,18-19,23H2,1-4H3,(H,45,50)(H,46,49)(H,47,48)/b35-20+. The first-order valence-electron chi connectivity index (χ1n) is 17.6. The molecule has 0 spiro atoms. The third-order valence-electron chi connectivity index (χ3n) is 9.19. The Hall–Kier alpha value is -6.03. The zero-order valence-corrected chi connectivity index (χ0v) is 32.4. The first kappa shape index (κ1) is 38.7. The number of carbonyl (C=O) groups excluding carboxylic acids is 3. The van der Waals surface area contributed by atoms with Crippen LogP contribution in [0.1, 0.15) is 56.8 Å². The minimum atomic E-state index is -0.578. The molecular formula is C43H40N4O6S2. The number of nitriles is 1. The van der Waals surface area contributed by atoms with Crippen molar-refractivity contribution in [1.29, 1.82) is 5.26 Å². The molecule has 0 bridgehead atoms. The van der Waals surface area contributed by atoms with Crippen molar-refractivity contribution >= 4 is 57.6 Å². The van der Waals surface area contributed by atoms with Gasteiger partial charge in [-0.1, -0.05) is 54.6 Å². The third-order valence-corrected chi connectivity index (χ3v) is 11.4. The summed E-state index contributed by atoms with van der Waals surface area (Å²) < 4.78 is 16.4. The average molecular weight is 773 g/mol. The minimum Gasteiger partial charge on any atom is -0.493 e. The van der Waals surface area contributed by atoms with E-state index in [2.05, 4.69) is 46.3 Å². The number of nitrogens with one attached hydrogen (secondary N) is 3. The van der Waals surface area contributed by atoms with Crippen LogP contribution in [-0.2, 0) is 22.4 Å². The highest BCUT2D eigenvalue weighted by Gasteiger charge is 2.28. The number of hydrogen-bond donors (Lipinski definition) is 3. The van der Waals surface area contributed by atoms with Crippen LogP contribution in [-0.4, -0.2) is 44.3 Å². The fourth-order valence-corrected chi connectivity index (χ4v) is 8.62. The van der Waals surface area contributed by atoms with Gasteiger partial charge in [-0.2, -0.15) is 5.26 Å². The lowest BCUT2D eigenvalue weighted by atomic mass is 9.83. The normalized spacial score (nSPS) is 14.1. The number of benzene rings is 4. The second-order valence-electron chi connectivity index (χ2n) is 12.7. The molecule has 6 rings (SSSR count). The van der Waals surface area contributed by atoms with Gasteiger partial charge in [-0.25, -0.2) is 0 Å². The lowest BCUT2D eigenvalue weighted by Crippen LogP contribution is -2.30. The van der Waals surface area contributed by atoms with Gasteiger partial charge >= 0.3 is 0 Å². The van der Waals surface area contributed by atoms with E-state index in [0.717, 1.165) is 34.6 Å². The Bertz CT molecular complexity index is 2240. The van der Waals surface area contributed by atoms with Gasteiger partial charge in [0, 0.05) is 21.0 Å². The number of hydrogen-bond acceptors (Lipinski definition) is 9. The molecule has 55 heavy (non-hydrogen) atoms. The van der Waals surface area contributed by atoms with Crippen molar-refractivity contribution in [2.24, 2.45) is 0 Å². The van der Waals surface area contributed by atoms with E-state index in [0.29, 0.717) is 50.5 Å². The Morgan fingerprint density at radius 3 is 2.24 bits per heavy atom. The lowest BCUT2D eigenvalue weighted by Gasteiger charge is -2.22. The highest BCUT2D eigenvalue weighted by atomic mass is 32.2. The van der Waals surface area contributed by atoms with Gasteiger partial charge in [0.05, 0.1) is 32.1 Å². The second-order valence-corrected chi connectivity index (χ2v) is 15.3. The zero-order chi connectivity index (χ0) is 38.9. The molecule has 0 fully saturated rings. The summed E-state index contributed by atoms with van der Waals surface area (Å²) in [7, 11) is 4.48. The van der Waals surface area contributed by atoms with Crippen LogP contribution < -0.4 is 30.2 Å². The van der Waals surface area contributed by atoms with E-state index in [4.69, 9.17) is 14.2 Å². The number of anilines is 2. The highest BCUT2D eigenvalue weighted by Crippen LogP contribution is 2.43. The predicted octanol–water partition coefficient (Wildman–Crippen LogP) is 8.45. The summed E-state index contributed by atoms with van der Waals surface area (Å²) >= 11 is 2.81. The number of amides is 3. The molecule has 0 aliphatic heterocycles. The first-order valence-corrected chi connectivity index (χ1v) is 19.3. The van der Waals surface area contributed by atoms with Gasteiger partial charge < -0.3 is 30.2 Å². The molecule has 0 saturated heterocycles. The molecule has 1 aliphatic carbocycles. The van der Waals surface area contributed by atoms with E-state index in [9.17, 15) is 19.6 Å². The quantitative estimate of drug-likeness (QED) is 0.0801. The van der Waals surface area contributed by atoms with Crippen molar-refractivity contribution in [3.63, 3.8) is 0 Å². The second kappa shape index (κ2) is 17.9. The number of thioether (sulfide) groups is 1. The molecule has 12 heteroatoms. The van der Waals surface area contributed by atoms with E-state index in [1.54, 1.807) is 67.6 Å². The van der Waals surface area contributed by atoms with E-state index < -0.39 is 17.1 Å². The largest absolute Gasteiger partial charge is 0.493 e. The minimum absolute atomic E-state index is 0.0315. The summed E-state index contributed by atoms with van der Waals surface area (Å²) in [6.07, 6.45) is 4.11. The van der Waals surface area contributed by atoms with Crippen LogP contribution in [0.25, 0.3) is 6.08 Å². The Balaban J connectivity index is 1.17. The topological polar surface area (TPSA) is 139 Å². The lowest BCUT2D eigenvalue weighted by molar-refractivity contribution is -0.115. The summed E-state index contributed by atoms with van der Waals surface area (Å²) in [5.74, 6) is 0.246. The predicted molar refractivity (Wildman–Crippen MR) is 217 cm³/mol. The molecule has 2 unspecified atom stereocenters. The molecule has 280 valence electrons. The maximum atomic E-state index is 13.8. The molecular weight excluding hydrogens is 733 g/mol. The van der Waals surface area contributed by atoms with Crippen LogP contribution in [0, 0.1) is 11.3 Å². The number of fused-ring (bicyclic) bond motifs is 1. The molecule has 1 heterocycles. The van der Waals surface area contributed by atoms with Crippen LogP contribution in [0.2, 0.25) is 0 Å². The average Bonchev–Trinajstić information content (AvgIpc) is 3.56. The molecule has 0 saturated carbocycles. The van der Waals surface area contributed by atoms with Crippen LogP contribution in [0.5, 0.6) is 17.2 Å². The highest BCUT2D eigenvalue weighted by molar-refractivity contribution is 8.00. The smallest absolute Gasteiger partial charge is 0.272 e. The third kappa shape index (κ3) is 9.20. The van der Waals surface area contributed by atoms with Gasteiger partial charge in [0.25, 0.3) is 11.8 Å². The molecule has 3 amide bonds. The van der Waals surface area contributed by atoms with Crippen LogP contribution in [0.15, 0.2) is 108 Å². The van der Waals surface area contributed by atoms with Gasteiger partial charge in [0.2, 0.25) is 11.7 Å². The van der Waals surface area contributed by atoms with Crippen LogP contribution in [0.4, 0.5) is 10.7 Å². The first-order chi connectivity index (χ1) is 26.7. The van der Waals surface area contributed by atoms with Crippen molar-refractivity contribution in [1.82, 2.24) is 5.32 Å². The molecule has 5 aromatic rings. The monoisotopic (exact) mass is 772 g/mol. The summed E-state index contributed by atoms with van der Waals surface area (Å²) in [6, 6.07) is 31.8. The Kier molecular flexibility index (Phi) is 12.6. The van der Waals surface area contributed by atoms with Crippen molar-refractivity contribution in [3.05, 3.63) is 135 Å². The maximum absolute atomic E-state index is 13.8. The summed E-state index contributed by atoms with van der Waals surface area (Å²) in [4.78, 5) is 42.4. The molecule has 2 atom stereocenters. The summed E-state index contributed by atoms with van der Waals surface area (Å²) in [6.45, 7) is 1.80. The number of thiophene rings is 1. The number of ether oxygens (including phenoxy) is 3. The van der Waals surface area contributed by atoms with Crippen molar-refractivity contribution in [2.75, 3.05) is 32.0 Å². The van der Waals surface area contributed by atoms with Crippen molar-refractivity contribution in [3.8, 4) is 23.3 Å². The van der Waals surface area contributed by atoms with E-state index in [-0.39, 0.29) is 11.6 Å². The van der Waals surface area contributed by atoms with Gasteiger partial charge in [-0.15, -0.1) is 23.1 Å². The Labute approximate surface area is 328 Å². The van der Waals surface area contributed by atoms with Crippen LogP contribution in [0.3, 0.4) is 0 Å². The number of methoxy groups -OCH3 is 3. The number of rotatable bonds is 13. The fourth-order valence-electron chi connectivity index (χ4n) is 6.41. The maximum Gasteiger partial charge on any atom is 0.272 e. The molecule has 4 aromatic carbocycles. The molecule has 0 radical (unpaired) electrons. The summed E-state index contributed by atoms with van der Waals surface area (Å²) in [5, 5.41) is 18.8. The van der Waals surface area contributed by atoms with E-state index in [1.807, 2.05) is 12.1 Å². The van der Waals surface area contributed by atoms with E-state index >= 15 is 0 Å². The Morgan fingerprint density at radius 1 is 0.891 bits per heavy atom.